The second-order valence-corrected chi connectivity index (χ2v) is 5.28. The second-order valence-electron chi connectivity index (χ2n) is 5.28. The number of carbonyl (C=O) groups excluding carboxylic acids is 1. The van der Waals surface area contributed by atoms with E-state index in [-0.39, 0.29) is 5.91 Å². The van der Waals surface area contributed by atoms with Gasteiger partial charge in [-0.1, -0.05) is 19.0 Å². The van der Waals surface area contributed by atoms with Crippen LogP contribution in [0.5, 0.6) is 0 Å². The number of hydrogen-bond acceptors (Lipinski definition) is 4. The fraction of sp³-hybridized carbons (Fsp3) is 0.500. The molecule has 0 saturated carbocycles. The van der Waals surface area contributed by atoms with Gasteiger partial charge in [-0.2, -0.15) is 5.10 Å². The lowest BCUT2D eigenvalue weighted by atomic mass is 10.0. The normalized spacial score (nSPS) is 16.0. The van der Waals surface area contributed by atoms with E-state index < -0.39 is 0 Å². The Labute approximate surface area is 117 Å². The van der Waals surface area contributed by atoms with E-state index in [1.807, 2.05) is 0 Å². The lowest BCUT2D eigenvalue weighted by Gasteiger charge is -2.25. The first-order valence-electron chi connectivity index (χ1n) is 6.96. The molecule has 1 aliphatic rings. The van der Waals surface area contributed by atoms with Crippen molar-refractivity contribution in [1.82, 2.24) is 20.3 Å². The topological polar surface area (TPSA) is 75.0 Å². The molecule has 2 aromatic rings. The van der Waals surface area contributed by atoms with Gasteiger partial charge < -0.3 is 9.42 Å². The number of amides is 1. The zero-order valence-electron chi connectivity index (χ0n) is 11.7. The molecule has 0 fully saturated rings. The van der Waals surface area contributed by atoms with Crippen molar-refractivity contribution in [2.75, 3.05) is 6.54 Å². The first-order valence-corrected chi connectivity index (χ1v) is 6.96. The summed E-state index contributed by atoms with van der Waals surface area (Å²) < 4.78 is 5.21. The first-order chi connectivity index (χ1) is 9.69. The monoisotopic (exact) mass is 274 g/mol. The number of aromatic amines is 1. The van der Waals surface area contributed by atoms with Gasteiger partial charge in [0.25, 0.3) is 5.91 Å². The van der Waals surface area contributed by atoms with Crippen molar-refractivity contribution in [3.63, 3.8) is 0 Å². The molecular formula is C14H18N4O2. The molecule has 1 N–H and O–H groups in total. The van der Waals surface area contributed by atoms with Crippen LogP contribution < -0.4 is 0 Å². The summed E-state index contributed by atoms with van der Waals surface area (Å²) in [6.07, 6.45) is 3.55. The number of nitrogens with zero attached hydrogens (tertiary/aromatic N) is 3. The van der Waals surface area contributed by atoms with Gasteiger partial charge in [-0.15, -0.1) is 0 Å². The summed E-state index contributed by atoms with van der Waals surface area (Å²) in [6, 6.07) is 1.77. The zero-order chi connectivity index (χ0) is 14.1. The maximum absolute atomic E-state index is 12.4. The quantitative estimate of drug-likeness (QED) is 0.930. The predicted octanol–water partition coefficient (Wildman–Crippen LogP) is 2.11. The number of aromatic nitrogens is 3. The zero-order valence-corrected chi connectivity index (χ0v) is 11.7. The van der Waals surface area contributed by atoms with Crippen LogP contribution in [0.15, 0.2) is 16.8 Å². The molecule has 3 rings (SSSR count). The van der Waals surface area contributed by atoms with E-state index >= 15 is 0 Å². The molecule has 0 spiro atoms. The summed E-state index contributed by atoms with van der Waals surface area (Å²) >= 11 is 0. The highest BCUT2D eigenvalue weighted by atomic mass is 16.5. The van der Waals surface area contributed by atoms with Crippen molar-refractivity contribution in [2.24, 2.45) is 0 Å². The van der Waals surface area contributed by atoms with Gasteiger partial charge in [0, 0.05) is 42.8 Å². The van der Waals surface area contributed by atoms with Crippen LogP contribution in [0.2, 0.25) is 0 Å². The van der Waals surface area contributed by atoms with Gasteiger partial charge in [-0.05, 0) is 6.42 Å². The number of nitrogens with one attached hydrogen (secondary N) is 1. The molecule has 3 heterocycles. The number of rotatable bonds is 3. The molecule has 20 heavy (non-hydrogen) atoms. The highest BCUT2D eigenvalue weighted by molar-refractivity contribution is 5.91. The third-order valence-corrected chi connectivity index (χ3v) is 3.94. The summed E-state index contributed by atoms with van der Waals surface area (Å²) in [6.45, 7) is 5.41. The van der Waals surface area contributed by atoms with Crippen molar-refractivity contribution in [3.8, 4) is 0 Å². The van der Waals surface area contributed by atoms with Gasteiger partial charge in [0.15, 0.2) is 0 Å². The molecule has 0 unspecified atom stereocenters. The summed E-state index contributed by atoms with van der Waals surface area (Å²) in [5.74, 6) is 0.535. The Bertz CT molecular complexity index is 616. The minimum absolute atomic E-state index is 0.0982. The van der Waals surface area contributed by atoms with Gasteiger partial charge in [0.2, 0.25) is 5.76 Å². The van der Waals surface area contributed by atoms with E-state index in [2.05, 4.69) is 29.2 Å². The van der Waals surface area contributed by atoms with E-state index in [1.54, 1.807) is 17.2 Å². The molecule has 0 aliphatic carbocycles. The third kappa shape index (κ3) is 2.21. The predicted molar refractivity (Wildman–Crippen MR) is 72.2 cm³/mol. The van der Waals surface area contributed by atoms with Crippen molar-refractivity contribution in [2.45, 2.75) is 39.2 Å². The SMILES string of the molecule is CC[C@H](C)c1cc(C(=O)N2CCc3[nH]ncc3C2)on1. The number of hydrogen-bond donors (Lipinski definition) is 1. The number of fused-ring (bicyclic) bond motifs is 1. The molecule has 6 heteroatoms. The lowest BCUT2D eigenvalue weighted by molar-refractivity contribution is 0.0692. The lowest BCUT2D eigenvalue weighted by Crippen LogP contribution is -2.35. The van der Waals surface area contributed by atoms with Gasteiger partial charge in [-0.25, -0.2) is 0 Å². The highest BCUT2D eigenvalue weighted by Crippen LogP contribution is 2.21. The molecule has 1 atom stereocenters. The number of H-pyrrole nitrogens is 1. The maximum Gasteiger partial charge on any atom is 0.292 e. The van der Waals surface area contributed by atoms with Crippen molar-refractivity contribution in [1.29, 1.82) is 0 Å². The molecule has 6 nitrogen and oxygen atoms in total. The van der Waals surface area contributed by atoms with E-state index in [0.717, 1.165) is 29.8 Å². The smallest absolute Gasteiger partial charge is 0.292 e. The van der Waals surface area contributed by atoms with E-state index in [0.29, 0.717) is 24.8 Å². The van der Waals surface area contributed by atoms with E-state index in [4.69, 9.17) is 4.52 Å². The second kappa shape index (κ2) is 5.11. The molecule has 0 bridgehead atoms. The summed E-state index contributed by atoms with van der Waals surface area (Å²) in [4.78, 5) is 14.2. The average molecular weight is 274 g/mol. The van der Waals surface area contributed by atoms with Gasteiger partial charge in [0.05, 0.1) is 11.9 Å². The fourth-order valence-electron chi connectivity index (χ4n) is 2.38. The van der Waals surface area contributed by atoms with Crippen LogP contribution in [-0.2, 0) is 13.0 Å². The Balaban J connectivity index is 1.75. The van der Waals surface area contributed by atoms with Crippen LogP contribution in [0.4, 0.5) is 0 Å². The van der Waals surface area contributed by atoms with Crippen molar-refractivity contribution in [3.05, 3.63) is 35.0 Å². The fourth-order valence-corrected chi connectivity index (χ4v) is 2.38. The van der Waals surface area contributed by atoms with Crippen LogP contribution in [0.1, 0.15) is 53.7 Å². The van der Waals surface area contributed by atoms with Gasteiger partial charge in [0.1, 0.15) is 0 Å². The van der Waals surface area contributed by atoms with Crippen molar-refractivity contribution < 1.29 is 9.32 Å². The van der Waals surface area contributed by atoms with Gasteiger partial charge in [-0.3, -0.25) is 9.89 Å². The van der Waals surface area contributed by atoms with Crippen LogP contribution >= 0.6 is 0 Å². The van der Waals surface area contributed by atoms with Crippen molar-refractivity contribution >= 4 is 5.91 Å². The Morgan fingerprint density at radius 3 is 3.25 bits per heavy atom. The molecule has 0 aromatic carbocycles. The van der Waals surface area contributed by atoms with Crippen LogP contribution in [0.25, 0.3) is 0 Å². The van der Waals surface area contributed by atoms with Crippen LogP contribution in [-0.4, -0.2) is 32.7 Å². The van der Waals surface area contributed by atoms with E-state index in [1.165, 1.54) is 0 Å². The minimum atomic E-state index is -0.0982. The standard InChI is InChI=1S/C14H18N4O2/c1-3-9(2)12-6-13(20-17-12)14(19)18-5-4-11-10(8-18)7-15-16-11/h6-7,9H,3-5,8H2,1-2H3,(H,15,16)/t9-/m0/s1. The Morgan fingerprint density at radius 1 is 1.60 bits per heavy atom. The molecule has 106 valence electrons. The largest absolute Gasteiger partial charge is 0.351 e. The Morgan fingerprint density at radius 2 is 2.45 bits per heavy atom. The molecular weight excluding hydrogens is 256 g/mol. The van der Waals surface area contributed by atoms with Crippen LogP contribution in [0.3, 0.4) is 0 Å². The highest BCUT2D eigenvalue weighted by Gasteiger charge is 2.26. The summed E-state index contributed by atoms with van der Waals surface area (Å²) in [5.41, 5.74) is 3.04. The number of carbonyl (C=O) groups is 1. The molecule has 2 aromatic heterocycles. The van der Waals surface area contributed by atoms with E-state index in [9.17, 15) is 4.79 Å². The molecule has 1 amide bonds. The summed E-state index contributed by atoms with van der Waals surface area (Å²) in [7, 11) is 0. The minimum Gasteiger partial charge on any atom is -0.351 e. The molecule has 0 saturated heterocycles. The summed E-state index contributed by atoms with van der Waals surface area (Å²) in [5, 5.41) is 11.0. The molecule has 1 aliphatic heterocycles. The Kier molecular flexibility index (Phi) is 3.30. The molecule has 0 radical (unpaired) electrons. The van der Waals surface area contributed by atoms with Crippen LogP contribution in [0, 0.1) is 0 Å². The van der Waals surface area contributed by atoms with Gasteiger partial charge >= 0.3 is 0 Å². The first kappa shape index (κ1) is 12.9. The third-order valence-electron chi connectivity index (χ3n) is 3.94. The Hall–Kier alpha value is -2.11. The maximum atomic E-state index is 12.4. The average Bonchev–Trinajstić information content (AvgIpc) is 3.13.